The van der Waals surface area contributed by atoms with Gasteiger partial charge in [-0.05, 0) is 43.4 Å². The van der Waals surface area contributed by atoms with E-state index in [1.807, 2.05) is 13.0 Å². The average Bonchev–Trinajstić information content (AvgIpc) is 2.13. The van der Waals surface area contributed by atoms with Gasteiger partial charge in [-0.2, -0.15) is 0 Å². The number of hydrogen-bond acceptors (Lipinski definition) is 0. The van der Waals surface area contributed by atoms with Crippen LogP contribution in [0.3, 0.4) is 0 Å². The lowest BCUT2D eigenvalue weighted by Crippen LogP contribution is -1.93. The van der Waals surface area contributed by atoms with Crippen molar-refractivity contribution >= 4 is 11.6 Å². The molecular formula is C11H14ClF. The first kappa shape index (κ1) is 10.5. The Morgan fingerprint density at radius 3 is 2.77 bits per heavy atom. The summed E-state index contributed by atoms with van der Waals surface area (Å²) in [4.78, 5) is 0. The van der Waals surface area contributed by atoms with E-state index in [-0.39, 0.29) is 5.82 Å². The molecule has 0 aromatic heterocycles. The molecule has 1 aromatic carbocycles. The van der Waals surface area contributed by atoms with Crippen LogP contribution in [0.25, 0.3) is 0 Å². The van der Waals surface area contributed by atoms with Gasteiger partial charge in [0.1, 0.15) is 5.82 Å². The topological polar surface area (TPSA) is 0 Å². The highest BCUT2D eigenvalue weighted by atomic mass is 35.5. The van der Waals surface area contributed by atoms with Crippen molar-refractivity contribution in [1.82, 2.24) is 0 Å². The Kier molecular flexibility index (Phi) is 4.23. The molecule has 0 saturated heterocycles. The minimum Gasteiger partial charge on any atom is -0.207 e. The Morgan fingerprint density at radius 2 is 2.08 bits per heavy atom. The van der Waals surface area contributed by atoms with Crippen LogP contribution in [0, 0.1) is 12.7 Å². The molecule has 1 aromatic rings. The fourth-order valence-corrected chi connectivity index (χ4v) is 1.52. The van der Waals surface area contributed by atoms with Gasteiger partial charge in [-0.15, -0.1) is 11.6 Å². The summed E-state index contributed by atoms with van der Waals surface area (Å²) >= 11 is 5.56. The first-order chi connectivity index (χ1) is 6.25. The summed E-state index contributed by atoms with van der Waals surface area (Å²) < 4.78 is 13.1. The van der Waals surface area contributed by atoms with Crippen LogP contribution < -0.4 is 0 Å². The molecule has 0 spiro atoms. The molecule has 0 atom stereocenters. The zero-order valence-electron chi connectivity index (χ0n) is 7.82. The molecule has 0 bridgehead atoms. The molecule has 13 heavy (non-hydrogen) atoms. The Balaban J connectivity index is 2.61. The van der Waals surface area contributed by atoms with E-state index in [1.54, 1.807) is 6.07 Å². The largest absolute Gasteiger partial charge is 0.207 e. The molecule has 0 heterocycles. The third-order valence-corrected chi connectivity index (χ3v) is 2.48. The summed E-state index contributed by atoms with van der Waals surface area (Å²) in [6, 6.07) is 5.24. The molecule has 0 unspecified atom stereocenters. The van der Waals surface area contributed by atoms with Crippen LogP contribution in [0.1, 0.15) is 24.0 Å². The zero-order valence-corrected chi connectivity index (χ0v) is 8.57. The highest BCUT2D eigenvalue weighted by Gasteiger charge is 2.02. The van der Waals surface area contributed by atoms with Gasteiger partial charge in [-0.3, -0.25) is 0 Å². The lowest BCUT2D eigenvalue weighted by molar-refractivity contribution is 0.614. The fraction of sp³-hybridized carbons (Fsp3) is 0.455. The summed E-state index contributed by atoms with van der Waals surface area (Å²) in [5, 5.41) is 0. The van der Waals surface area contributed by atoms with Gasteiger partial charge in [-0.25, -0.2) is 4.39 Å². The predicted molar refractivity (Wildman–Crippen MR) is 54.8 cm³/mol. The highest BCUT2D eigenvalue weighted by molar-refractivity contribution is 6.17. The highest BCUT2D eigenvalue weighted by Crippen LogP contribution is 2.14. The van der Waals surface area contributed by atoms with Gasteiger partial charge < -0.3 is 0 Å². The number of halogens is 2. The van der Waals surface area contributed by atoms with Crippen molar-refractivity contribution in [2.45, 2.75) is 26.2 Å². The number of benzene rings is 1. The average molecular weight is 201 g/mol. The summed E-state index contributed by atoms with van der Waals surface area (Å²) in [5.41, 5.74) is 1.88. The Bertz CT molecular complexity index is 271. The van der Waals surface area contributed by atoms with Crippen LogP contribution in [0.15, 0.2) is 18.2 Å². The van der Waals surface area contributed by atoms with E-state index in [9.17, 15) is 4.39 Å². The smallest absolute Gasteiger partial charge is 0.126 e. The molecule has 2 heteroatoms. The summed E-state index contributed by atoms with van der Waals surface area (Å²) in [6.07, 6.45) is 2.96. The van der Waals surface area contributed by atoms with Gasteiger partial charge >= 0.3 is 0 Å². The van der Waals surface area contributed by atoms with Crippen molar-refractivity contribution in [3.05, 3.63) is 35.1 Å². The minimum absolute atomic E-state index is 0.108. The first-order valence-electron chi connectivity index (χ1n) is 4.55. The van der Waals surface area contributed by atoms with Crippen molar-refractivity contribution in [3.8, 4) is 0 Å². The zero-order chi connectivity index (χ0) is 9.68. The van der Waals surface area contributed by atoms with Crippen molar-refractivity contribution in [1.29, 1.82) is 0 Å². The lowest BCUT2D eigenvalue weighted by Gasteiger charge is -2.05. The summed E-state index contributed by atoms with van der Waals surface area (Å²) in [6.45, 7) is 1.82. The van der Waals surface area contributed by atoms with Crippen molar-refractivity contribution in [2.75, 3.05) is 5.88 Å². The van der Waals surface area contributed by atoms with Gasteiger partial charge in [0.25, 0.3) is 0 Å². The maximum absolute atomic E-state index is 13.1. The van der Waals surface area contributed by atoms with Gasteiger partial charge in [0, 0.05) is 5.88 Å². The lowest BCUT2D eigenvalue weighted by atomic mass is 10.0. The number of hydrogen-bond donors (Lipinski definition) is 0. The third-order valence-electron chi connectivity index (χ3n) is 2.21. The van der Waals surface area contributed by atoms with Gasteiger partial charge in [0.15, 0.2) is 0 Å². The molecule has 0 aliphatic rings. The predicted octanol–water partition coefficient (Wildman–Crippen LogP) is 3.70. The van der Waals surface area contributed by atoms with E-state index in [0.717, 1.165) is 30.4 Å². The number of rotatable bonds is 4. The fourth-order valence-electron chi connectivity index (χ4n) is 1.33. The van der Waals surface area contributed by atoms with E-state index in [0.29, 0.717) is 5.88 Å². The number of alkyl halides is 1. The minimum atomic E-state index is -0.108. The molecule has 0 radical (unpaired) electrons. The maximum Gasteiger partial charge on any atom is 0.126 e. The third kappa shape index (κ3) is 3.00. The van der Waals surface area contributed by atoms with Crippen LogP contribution in [-0.2, 0) is 6.42 Å². The molecule has 0 amide bonds. The SMILES string of the molecule is Cc1c(F)cccc1CCCCCl. The first-order valence-corrected chi connectivity index (χ1v) is 5.09. The second kappa shape index (κ2) is 5.23. The quantitative estimate of drug-likeness (QED) is 0.514. The van der Waals surface area contributed by atoms with Gasteiger partial charge in [-0.1, -0.05) is 12.1 Å². The monoisotopic (exact) mass is 200 g/mol. The molecule has 0 fully saturated rings. The second-order valence-corrected chi connectivity index (χ2v) is 3.55. The number of aryl methyl sites for hydroxylation is 1. The van der Waals surface area contributed by atoms with Crippen LogP contribution >= 0.6 is 11.6 Å². The molecule has 0 aliphatic carbocycles. The molecule has 0 aliphatic heterocycles. The van der Waals surface area contributed by atoms with Crippen LogP contribution in [0.2, 0.25) is 0 Å². The molecule has 0 N–H and O–H groups in total. The Labute approximate surface area is 83.7 Å². The van der Waals surface area contributed by atoms with Gasteiger partial charge in [0.2, 0.25) is 0 Å². The normalized spacial score (nSPS) is 10.4. The van der Waals surface area contributed by atoms with Gasteiger partial charge in [0.05, 0.1) is 0 Å². The van der Waals surface area contributed by atoms with Crippen LogP contribution in [-0.4, -0.2) is 5.88 Å². The molecule has 0 nitrogen and oxygen atoms in total. The molecular weight excluding hydrogens is 187 g/mol. The van der Waals surface area contributed by atoms with E-state index in [4.69, 9.17) is 11.6 Å². The molecule has 1 rings (SSSR count). The summed E-state index contributed by atoms with van der Waals surface area (Å²) in [5.74, 6) is 0.581. The Morgan fingerprint density at radius 1 is 1.31 bits per heavy atom. The standard InChI is InChI=1S/C11H14ClF/c1-9-10(5-2-3-8-12)6-4-7-11(9)13/h4,6-7H,2-3,5,8H2,1H3. The van der Waals surface area contributed by atoms with E-state index in [2.05, 4.69) is 0 Å². The van der Waals surface area contributed by atoms with Crippen molar-refractivity contribution in [3.63, 3.8) is 0 Å². The summed E-state index contributed by atoms with van der Waals surface area (Å²) in [7, 11) is 0. The molecule has 72 valence electrons. The van der Waals surface area contributed by atoms with Crippen LogP contribution in [0.5, 0.6) is 0 Å². The van der Waals surface area contributed by atoms with Crippen molar-refractivity contribution in [2.24, 2.45) is 0 Å². The van der Waals surface area contributed by atoms with E-state index >= 15 is 0 Å². The second-order valence-electron chi connectivity index (χ2n) is 3.17. The maximum atomic E-state index is 13.1. The van der Waals surface area contributed by atoms with Crippen molar-refractivity contribution < 1.29 is 4.39 Å². The Hall–Kier alpha value is -0.560. The van der Waals surface area contributed by atoms with Crippen LogP contribution in [0.4, 0.5) is 4.39 Å². The van der Waals surface area contributed by atoms with E-state index in [1.165, 1.54) is 6.07 Å². The number of unbranched alkanes of at least 4 members (excludes halogenated alkanes) is 1. The van der Waals surface area contributed by atoms with E-state index < -0.39 is 0 Å². The molecule has 0 saturated carbocycles.